The lowest BCUT2D eigenvalue weighted by Crippen LogP contribution is -2.15. The van der Waals surface area contributed by atoms with Crippen molar-refractivity contribution in [3.8, 4) is 44.5 Å². The van der Waals surface area contributed by atoms with Crippen molar-refractivity contribution >= 4 is 17.1 Å². The minimum absolute atomic E-state index is 0.0361. The third-order valence-electron chi connectivity index (χ3n) is 11.1. The van der Waals surface area contributed by atoms with Crippen molar-refractivity contribution in [2.75, 3.05) is 4.90 Å². The summed E-state index contributed by atoms with van der Waals surface area (Å²) in [6, 6.07) is 60.5. The van der Waals surface area contributed by atoms with Crippen LogP contribution in [0.1, 0.15) is 49.9 Å². The molecule has 0 unspecified atom stereocenters. The second kappa shape index (κ2) is 10.9. The number of hydrogen-bond acceptors (Lipinski definition) is 1. The van der Waals surface area contributed by atoms with Crippen molar-refractivity contribution in [2.45, 2.75) is 38.5 Å². The molecule has 0 fully saturated rings. The Morgan fingerprint density at radius 2 is 0.694 bits per heavy atom. The third-order valence-corrected chi connectivity index (χ3v) is 11.1. The van der Waals surface area contributed by atoms with Crippen LogP contribution in [0.3, 0.4) is 0 Å². The Balaban J connectivity index is 1.12. The highest BCUT2D eigenvalue weighted by Gasteiger charge is 2.36. The summed E-state index contributed by atoms with van der Waals surface area (Å²) >= 11 is 0. The summed E-state index contributed by atoms with van der Waals surface area (Å²) in [6.45, 7) is 9.40. The van der Waals surface area contributed by atoms with E-state index >= 15 is 0 Å². The van der Waals surface area contributed by atoms with Gasteiger partial charge in [0.2, 0.25) is 0 Å². The van der Waals surface area contributed by atoms with Gasteiger partial charge in [0.25, 0.3) is 0 Å². The molecule has 0 aliphatic heterocycles. The molecular weight excluding hydrogens is 591 g/mol. The van der Waals surface area contributed by atoms with Crippen LogP contribution >= 0.6 is 0 Å². The number of fused-ring (bicyclic) bond motifs is 6. The van der Waals surface area contributed by atoms with Gasteiger partial charge in [-0.15, -0.1) is 0 Å². The van der Waals surface area contributed by atoms with Crippen LogP contribution in [0.25, 0.3) is 44.5 Å². The zero-order valence-electron chi connectivity index (χ0n) is 28.5. The Labute approximate surface area is 290 Å². The lowest BCUT2D eigenvalue weighted by molar-refractivity contribution is 0.660. The molecule has 0 spiro atoms. The Bertz CT molecular complexity index is 2240. The smallest absolute Gasteiger partial charge is 0.0467 e. The van der Waals surface area contributed by atoms with E-state index in [1.54, 1.807) is 0 Å². The molecule has 2 aliphatic carbocycles. The monoisotopic (exact) mass is 629 g/mol. The highest BCUT2D eigenvalue weighted by molar-refractivity contribution is 5.87. The van der Waals surface area contributed by atoms with Crippen molar-refractivity contribution in [3.63, 3.8) is 0 Å². The topological polar surface area (TPSA) is 3.24 Å². The van der Waals surface area contributed by atoms with Gasteiger partial charge < -0.3 is 4.90 Å². The number of rotatable bonds is 5. The third kappa shape index (κ3) is 4.60. The Hall–Kier alpha value is -5.66. The maximum absolute atomic E-state index is 2.41. The van der Waals surface area contributed by atoms with Gasteiger partial charge in [-0.2, -0.15) is 0 Å². The molecular formula is C48H39N. The lowest BCUT2D eigenvalue weighted by Gasteiger charge is -2.27. The SMILES string of the molecule is CC1(C)c2ccccc2-c2ccc(-c3cccc(N(c4ccccc4)c4cccc(-c5ccc6c(c5)C(C)(C)c5ccccc5-6)c4)c3)cc21. The van der Waals surface area contributed by atoms with Gasteiger partial charge in [0.1, 0.15) is 0 Å². The second-order valence-corrected chi connectivity index (χ2v) is 14.6. The summed E-state index contributed by atoms with van der Waals surface area (Å²) in [7, 11) is 0. The van der Waals surface area contributed by atoms with Crippen LogP contribution < -0.4 is 4.90 Å². The van der Waals surface area contributed by atoms with E-state index in [0.717, 1.165) is 17.1 Å². The standard InChI is InChI=1S/C48H39N/c1-47(2)43-22-10-8-20-39(43)41-26-24-34(30-45(41)47)32-14-12-18-37(28-32)49(36-16-6-5-7-17-36)38-19-13-15-33(29-38)35-25-27-42-40-21-9-11-23-44(40)48(3,4)46(42)31-35/h5-31H,1-4H3. The molecule has 0 heterocycles. The molecule has 0 aromatic heterocycles. The van der Waals surface area contributed by atoms with Crippen LogP contribution in [0.15, 0.2) is 164 Å². The highest BCUT2D eigenvalue weighted by Crippen LogP contribution is 2.51. The molecule has 2 aliphatic rings. The van der Waals surface area contributed by atoms with Crippen molar-refractivity contribution in [1.82, 2.24) is 0 Å². The molecule has 49 heavy (non-hydrogen) atoms. The zero-order valence-corrected chi connectivity index (χ0v) is 28.5. The molecule has 0 atom stereocenters. The molecule has 0 bridgehead atoms. The van der Waals surface area contributed by atoms with Gasteiger partial charge in [0.15, 0.2) is 0 Å². The maximum Gasteiger partial charge on any atom is 0.0467 e. The van der Waals surface area contributed by atoms with Gasteiger partial charge in [-0.05, 0) is 115 Å². The van der Waals surface area contributed by atoms with Crippen LogP contribution in [0.5, 0.6) is 0 Å². The number of anilines is 3. The molecule has 0 amide bonds. The van der Waals surface area contributed by atoms with Gasteiger partial charge in [-0.3, -0.25) is 0 Å². The molecule has 0 saturated carbocycles. The summed E-state index contributed by atoms with van der Waals surface area (Å²) in [6.07, 6.45) is 0. The van der Waals surface area contributed by atoms with Crippen molar-refractivity contribution in [2.24, 2.45) is 0 Å². The predicted molar refractivity (Wildman–Crippen MR) is 207 cm³/mol. The number of para-hydroxylation sites is 1. The fourth-order valence-corrected chi connectivity index (χ4v) is 8.44. The summed E-state index contributed by atoms with van der Waals surface area (Å²) < 4.78 is 0. The normalized spacial score (nSPS) is 14.4. The van der Waals surface area contributed by atoms with E-state index in [-0.39, 0.29) is 10.8 Å². The summed E-state index contributed by atoms with van der Waals surface area (Å²) in [4.78, 5) is 2.38. The van der Waals surface area contributed by atoms with Gasteiger partial charge in [0, 0.05) is 27.9 Å². The van der Waals surface area contributed by atoms with E-state index in [4.69, 9.17) is 0 Å². The van der Waals surface area contributed by atoms with Crippen molar-refractivity contribution < 1.29 is 0 Å². The van der Waals surface area contributed by atoms with E-state index in [2.05, 4.69) is 196 Å². The molecule has 0 saturated heterocycles. The Kier molecular flexibility index (Phi) is 6.58. The molecule has 1 heteroatoms. The first-order valence-corrected chi connectivity index (χ1v) is 17.4. The Morgan fingerprint density at radius 3 is 1.18 bits per heavy atom. The van der Waals surface area contributed by atoms with E-state index in [0.29, 0.717) is 0 Å². The average Bonchev–Trinajstić information content (AvgIpc) is 3.51. The number of benzene rings is 7. The van der Waals surface area contributed by atoms with Gasteiger partial charge in [-0.25, -0.2) is 0 Å². The van der Waals surface area contributed by atoms with Crippen LogP contribution in [0, 0.1) is 0 Å². The molecule has 236 valence electrons. The first kappa shape index (κ1) is 29.5. The van der Waals surface area contributed by atoms with Crippen LogP contribution in [0.2, 0.25) is 0 Å². The fourth-order valence-electron chi connectivity index (χ4n) is 8.44. The zero-order chi connectivity index (χ0) is 33.3. The van der Waals surface area contributed by atoms with E-state index in [9.17, 15) is 0 Å². The average molecular weight is 630 g/mol. The van der Waals surface area contributed by atoms with Crippen LogP contribution in [-0.2, 0) is 10.8 Å². The van der Waals surface area contributed by atoms with Gasteiger partial charge >= 0.3 is 0 Å². The molecule has 1 nitrogen and oxygen atoms in total. The minimum Gasteiger partial charge on any atom is -0.310 e. The first-order chi connectivity index (χ1) is 23.8. The minimum atomic E-state index is -0.0361. The quantitative estimate of drug-likeness (QED) is 0.183. The van der Waals surface area contributed by atoms with E-state index in [1.807, 2.05) is 0 Å². The maximum atomic E-state index is 2.41. The second-order valence-electron chi connectivity index (χ2n) is 14.6. The molecule has 7 aromatic rings. The molecule has 0 radical (unpaired) electrons. The largest absolute Gasteiger partial charge is 0.310 e. The lowest BCUT2D eigenvalue weighted by atomic mass is 9.81. The van der Waals surface area contributed by atoms with Crippen LogP contribution in [-0.4, -0.2) is 0 Å². The molecule has 9 rings (SSSR count). The van der Waals surface area contributed by atoms with Crippen LogP contribution in [0.4, 0.5) is 17.1 Å². The van der Waals surface area contributed by atoms with E-state index in [1.165, 1.54) is 66.8 Å². The van der Waals surface area contributed by atoms with Gasteiger partial charge in [-0.1, -0.05) is 143 Å². The number of hydrogen-bond donors (Lipinski definition) is 0. The Morgan fingerprint density at radius 1 is 0.306 bits per heavy atom. The fraction of sp³-hybridized carbons (Fsp3) is 0.125. The molecule has 7 aromatic carbocycles. The van der Waals surface area contributed by atoms with E-state index < -0.39 is 0 Å². The summed E-state index contributed by atoms with van der Waals surface area (Å²) in [5.41, 5.74) is 19.2. The van der Waals surface area contributed by atoms with Crippen molar-refractivity contribution in [1.29, 1.82) is 0 Å². The summed E-state index contributed by atoms with van der Waals surface area (Å²) in [5.74, 6) is 0. The summed E-state index contributed by atoms with van der Waals surface area (Å²) in [5, 5.41) is 0. The van der Waals surface area contributed by atoms with Gasteiger partial charge in [0.05, 0.1) is 0 Å². The first-order valence-electron chi connectivity index (χ1n) is 17.4. The highest BCUT2D eigenvalue weighted by atomic mass is 15.1. The predicted octanol–water partition coefficient (Wildman–Crippen LogP) is 13.1. The van der Waals surface area contributed by atoms with Crippen molar-refractivity contribution in [3.05, 3.63) is 186 Å². The number of nitrogens with zero attached hydrogens (tertiary/aromatic N) is 1. The molecule has 0 N–H and O–H groups in total.